The molecule has 0 atom stereocenters. The van der Waals surface area contributed by atoms with Gasteiger partial charge in [-0.15, -0.1) is 11.3 Å². The van der Waals surface area contributed by atoms with Crippen molar-refractivity contribution in [2.75, 3.05) is 12.4 Å². The summed E-state index contributed by atoms with van der Waals surface area (Å²) in [5, 5.41) is 14.8. The Morgan fingerprint density at radius 1 is 1.17 bits per heavy atom. The summed E-state index contributed by atoms with van der Waals surface area (Å²) >= 11 is 17.3. The molecule has 0 unspecified atom stereocenters. The van der Waals surface area contributed by atoms with Crippen molar-refractivity contribution >= 4 is 87.6 Å². The summed E-state index contributed by atoms with van der Waals surface area (Å²) in [4.78, 5) is 24.8. The van der Waals surface area contributed by atoms with Crippen LogP contribution in [0.3, 0.4) is 0 Å². The van der Waals surface area contributed by atoms with Crippen LogP contribution in [-0.2, 0) is 0 Å². The molecule has 150 valence electrons. The van der Waals surface area contributed by atoms with Gasteiger partial charge in [0.1, 0.15) is 16.3 Å². The number of halogens is 4. The molecule has 2 N–H and O–H groups in total. The van der Waals surface area contributed by atoms with Crippen molar-refractivity contribution in [2.24, 2.45) is 0 Å². The lowest BCUT2D eigenvalue weighted by Crippen LogP contribution is -2.14. The number of hydrogen-bond acceptors (Lipinski definition) is 4. The molecule has 10 heteroatoms. The fourth-order valence-electron chi connectivity index (χ4n) is 2.63. The fourth-order valence-corrected chi connectivity index (χ4v) is 5.70. The van der Waals surface area contributed by atoms with Crippen molar-refractivity contribution in [2.45, 2.75) is 0 Å². The minimum atomic E-state index is -1.15. The molecule has 0 aliphatic carbocycles. The number of ether oxygens (including phenoxy) is 1. The number of rotatable bonds is 5. The van der Waals surface area contributed by atoms with Crippen LogP contribution in [0.2, 0.25) is 5.02 Å². The summed E-state index contributed by atoms with van der Waals surface area (Å²) in [6.45, 7) is 0. The minimum Gasteiger partial charge on any atom is -0.494 e. The highest BCUT2D eigenvalue weighted by molar-refractivity contribution is 9.13. The summed E-state index contributed by atoms with van der Waals surface area (Å²) < 4.78 is 6.90. The molecule has 3 rings (SSSR count). The first-order chi connectivity index (χ1) is 13.7. The quantitative estimate of drug-likeness (QED) is 0.292. The van der Waals surface area contributed by atoms with Gasteiger partial charge in [-0.25, -0.2) is 4.79 Å². The first kappa shape index (κ1) is 22.3. The molecule has 0 aliphatic rings. The molecule has 0 fully saturated rings. The largest absolute Gasteiger partial charge is 0.494 e. The molecule has 0 bridgehead atoms. The summed E-state index contributed by atoms with van der Waals surface area (Å²) in [5.41, 5.74) is 1.45. The lowest BCUT2D eigenvalue weighted by atomic mass is 10.0. The van der Waals surface area contributed by atoms with Gasteiger partial charge in [-0.3, -0.25) is 4.79 Å². The molecule has 1 amide bonds. The molecule has 29 heavy (non-hydrogen) atoms. The van der Waals surface area contributed by atoms with E-state index in [-0.39, 0.29) is 10.6 Å². The van der Waals surface area contributed by atoms with E-state index in [0.29, 0.717) is 40.9 Å². The molecule has 3 aromatic rings. The molecular formula is C19H11Br3ClNO4S. The zero-order chi connectivity index (χ0) is 21.3. The van der Waals surface area contributed by atoms with Crippen molar-refractivity contribution in [1.82, 2.24) is 0 Å². The maximum absolute atomic E-state index is 12.9. The number of hydrogen-bond donors (Lipinski definition) is 2. The van der Waals surface area contributed by atoms with Gasteiger partial charge >= 0.3 is 5.97 Å². The molecule has 5 nitrogen and oxygen atoms in total. The van der Waals surface area contributed by atoms with E-state index in [1.54, 1.807) is 35.7 Å². The third-order valence-corrected chi connectivity index (χ3v) is 7.76. The smallest absolute Gasteiger partial charge is 0.339 e. The first-order valence-electron chi connectivity index (χ1n) is 7.88. The van der Waals surface area contributed by atoms with Crippen LogP contribution < -0.4 is 10.1 Å². The second-order valence-electron chi connectivity index (χ2n) is 5.69. The van der Waals surface area contributed by atoms with Crippen molar-refractivity contribution in [3.8, 4) is 16.9 Å². The highest BCUT2D eigenvalue weighted by atomic mass is 79.9. The zero-order valence-electron chi connectivity index (χ0n) is 14.6. The molecule has 0 saturated heterocycles. The number of benzene rings is 2. The summed E-state index contributed by atoms with van der Waals surface area (Å²) in [6.07, 6.45) is 0. The van der Waals surface area contributed by atoms with E-state index in [1.165, 1.54) is 7.11 Å². The van der Waals surface area contributed by atoms with E-state index >= 15 is 0 Å². The first-order valence-corrected chi connectivity index (χ1v) is 11.5. The van der Waals surface area contributed by atoms with Crippen molar-refractivity contribution in [1.29, 1.82) is 0 Å². The zero-order valence-corrected chi connectivity index (χ0v) is 20.9. The van der Waals surface area contributed by atoms with Crippen LogP contribution in [0, 0.1) is 0 Å². The molecule has 1 heterocycles. The van der Waals surface area contributed by atoms with E-state index in [0.717, 1.165) is 11.3 Å². The number of methoxy groups -OCH3 is 1. The maximum atomic E-state index is 12.9. The van der Waals surface area contributed by atoms with Gasteiger partial charge in [-0.2, -0.15) is 0 Å². The van der Waals surface area contributed by atoms with Crippen LogP contribution in [-0.4, -0.2) is 24.1 Å². The number of carbonyl (C=O) groups is 2. The Bertz CT molecular complexity index is 1130. The van der Waals surface area contributed by atoms with E-state index in [1.807, 2.05) is 0 Å². The fraction of sp³-hybridized carbons (Fsp3) is 0.0526. The topological polar surface area (TPSA) is 75.6 Å². The third-order valence-electron chi connectivity index (χ3n) is 3.93. The summed E-state index contributed by atoms with van der Waals surface area (Å²) in [5.74, 6) is -1.09. The van der Waals surface area contributed by atoms with Gasteiger partial charge < -0.3 is 15.2 Å². The lowest BCUT2D eigenvalue weighted by molar-refractivity contribution is 0.0699. The normalized spacial score (nSPS) is 10.7. The van der Waals surface area contributed by atoms with Gasteiger partial charge in [0.25, 0.3) is 5.91 Å². The molecular weight excluding hydrogens is 613 g/mol. The standard InChI is InChI=1S/C19H11Br3ClNO4S/c1-28-16-12(20)6-10(14(21)15(16)22)17(25)24-18-13(19(26)27)11(7-29-18)8-3-2-4-9(23)5-8/h2-7H,1H3,(H,24,25)(H,26,27). The number of amides is 1. The van der Waals surface area contributed by atoms with E-state index in [4.69, 9.17) is 16.3 Å². The Hall–Kier alpha value is -1.39. The number of thiophene rings is 1. The highest BCUT2D eigenvalue weighted by Gasteiger charge is 2.24. The summed E-state index contributed by atoms with van der Waals surface area (Å²) in [7, 11) is 1.51. The van der Waals surface area contributed by atoms with E-state index in [2.05, 4.69) is 53.1 Å². The van der Waals surface area contributed by atoms with Gasteiger partial charge in [0.2, 0.25) is 0 Å². The van der Waals surface area contributed by atoms with Crippen LogP contribution in [0.15, 0.2) is 49.1 Å². The predicted octanol–water partition coefficient (Wildman–Crippen LogP) is 7.32. The lowest BCUT2D eigenvalue weighted by Gasteiger charge is -2.12. The van der Waals surface area contributed by atoms with Gasteiger partial charge in [0.05, 0.1) is 21.6 Å². The van der Waals surface area contributed by atoms with Gasteiger partial charge in [-0.1, -0.05) is 23.7 Å². The van der Waals surface area contributed by atoms with Crippen LogP contribution >= 0.6 is 70.7 Å². The number of nitrogens with one attached hydrogen (secondary N) is 1. The SMILES string of the molecule is COc1c(Br)cc(C(=O)Nc2scc(-c3cccc(Cl)c3)c2C(=O)O)c(Br)c1Br. The number of carbonyl (C=O) groups excluding carboxylic acids is 1. The molecule has 0 radical (unpaired) electrons. The molecule has 0 aliphatic heterocycles. The van der Waals surface area contributed by atoms with Crippen molar-refractivity contribution in [3.63, 3.8) is 0 Å². The molecule has 0 saturated carbocycles. The Kier molecular flexibility index (Phi) is 7.06. The number of aromatic carboxylic acids is 1. The van der Waals surface area contributed by atoms with Gasteiger partial charge in [-0.05, 0) is 71.6 Å². The number of carboxylic acid groups (broad SMARTS) is 1. The average molecular weight is 625 g/mol. The predicted molar refractivity (Wildman–Crippen MR) is 126 cm³/mol. The minimum absolute atomic E-state index is 0.00776. The van der Waals surface area contributed by atoms with Crippen LogP contribution in [0.1, 0.15) is 20.7 Å². The Morgan fingerprint density at radius 3 is 2.52 bits per heavy atom. The third kappa shape index (κ3) is 4.54. The summed E-state index contributed by atoms with van der Waals surface area (Å²) in [6, 6.07) is 8.48. The van der Waals surface area contributed by atoms with Gasteiger partial charge in [0, 0.05) is 20.4 Å². The Morgan fingerprint density at radius 2 is 1.90 bits per heavy atom. The van der Waals surface area contributed by atoms with Crippen molar-refractivity contribution in [3.05, 3.63) is 65.3 Å². The van der Waals surface area contributed by atoms with E-state index < -0.39 is 11.9 Å². The van der Waals surface area contributed by atoms with Crippen LogP contribution in [0.4, 0.5) is 5.00 Å². The molecule has 0 spiro atoms. The monoisotopic (exact) mass is 621 g/mol. The Labute approximate surface area is 200 Å². The average Bonchev–Trinajstić information content (AvgIpc) is 3.09. The molecule has 1 aromatic heterocycles. The maximum Gasteiger partial charge on any atom is 0.339 e. The van der Waals surface area contributed by atoms with Crippen molar-refractivity contribution < 1.29 is 19.4 Å². The second-order valence-corrected chi connectivity index (χ2v) is 9.45. The number of carboxylic acids is 1. The van der Waals surface area contributed by atoms with E-state index in [9.17, 15) is 14.7 Å². The highest BCUT2D eigenvalue weighted by Crippen LogP contribution is 2.42. The van der Waals surface area contributed by atoms with Crippen LogP contribution in [0.5, 0.6) is 5.75 Å². The number of anilines is 1. The second kappa shape index (κ2) is 9.18. The van der Waals surface area contributed by atoms with Gasteiger partial charge in [0.15, 0.2) is 0 Å². The van der Waals surface area contributed by atoms with Crippen LogP contribution in [0.25, 0.3) is 11.1 Å². The Balaban J connectivity index is 2.01. The molecule has 2 aromatic carbocycles.